The van der Waals surface area contributed by atoms with Crippen LogP contribution in [0.3, 0.4) is 0 Å². The molecule has 40 heavy (non-hydrogen) atoms. The Hall–Kier alpha value is -3.11. The van der Waals surface area contributed by atoms with Crippen molar-refractivity contribution in [2.75, 3.05) is 31.5 Å². The number of nitrogens with one attached hydrogen (secondary N) is 3. The van der Waals surface area contributed by atoms with Crippen molar-refractivity contribution in [3.8, 4) is 0 Å². The number of rotatable bonds is 8. The van der Waals surface area contributed by atoms with Gasteiger partial charge in [-0.2, -0.15) is 0 Å². The summed E-state index contributed by atoms with van der Waals surface area (Å²) < 4.78 is 26.6. The van der Waals surface area contributed by atoms with Crippen molar-refractivity contribution in [3.05, 3.63) is 80.1 Å². The van der Waals surface area contributed by atoms with Crippen molar-refractivity contribution in [1.82, 2.24) is 15.2 Å². The summed E-state index contributed by atoms with van der Waals surface area (Å²) in [4.78, 5) is 31.5. The highest BCUT2D eigenvalue weighted by atomic mass is 35.5. The first-order valence-electron chi connectivity index (χ1n) is 13.1. The van der Waals surface area contributed by atoms with Crippen LogP contribution in [-0.2, 0) is 20.4 Å². The van der Waals surface area contributed by atoms with Gasteiger partial charge in [0, 0.05) is 51.3 Å². The number of aromatic nitrogens is 1. The van der Waals surface area contributed by atoms with Crippen LogP contribution >= 0.6 is 23.2 Å². The van der Waals surface area contributed by atoms with Crippen LogP contribution in [0.25, 0.3) is 11.6 Å². The number of fused-ring (bicyclic) bond motifs is 1. The summed E-state index contributed by atoms with van der Waals surface area (Å²) in [5.41, 5.74) is 4.13. The Morgan fingerprint density at radius 3 is 2.50 bits per heavy atom. The van der Waals surface area contributed by atoms with Gasteiger partial charge < -0.3 is 20.5 Å². The lowest BCUT2D eigenvalue weighted by Crippen LogP contribution is -2.33. The van der Waals surface area contributed by atoms with E-state index in [-0.39, 0.29) is 32.5 Å². The van der Waals surface area contributed by atoms with Crippen molar-refractivity contribution in [1.29, 1.82) is 0 Å². The number of aromatic amines is 1. The molecule has 5 rings (SSSR count). The highest BCUT2D eigenvalue weighted by molar-refractivity contribution is 7.90. The molecule has 0 spiro atoms. The largest absolute Gasteiger partial charge is 0.358 e. The van der Waals surface area contributed by atoms with Crippen molar-refractivity contribution in [2.45, 2.75) is 37.3 Å². The Balaban J connectivity index is 1.41. The lowest BCUT2D eigenvalue weighted by molar-refractivity contribution is -0.110. The van der Waals surface area contributed by atoms with Crippen LogP contribution < -0.4 is 10.6 Å². The van der Waals surface area contributed by atoms with Crippen molar-refractivity contribution >= 4 is 62.2 Å². The van der Waals surface area contributed by atoms with Crippen molar-refractivity contribution < 1.29 is 18.0 Å². The van der Waals surface area contributed by atoms with E-state index < -0.39 is 9.84 Å². The van der Waals surface area contributed by atoms with E-state index in [9.17, 15) is 18.0 Å². The molecule has 0 atom stereocenters. The summed E-state index contributed by atoms with van der Waals surface area (Å²) in [7, 11) is -3.83. The van der Waals surface area contributed by atoms with E-state index in [1.165, 1.54) is 25.0 Å². The average Bonchev–Trinajstić information content (AvgIpc) is 3.60. The maximum absolute atomic E-state index is 13.3. The Kier molecular flexibility index (Phi) is 8.10. The summed E-state index contributed by atoms with van der Waals surface area (Å²) in [6.07, 6.45) is 4.05. The van der Waals surface area contributed by atoms with Gasteiger partial charge in [-0.1, -0.05) is 29.3 Å². The Bertz CT molecular complexity index is 1620. The van der Waals surface area contributed by atoms with Crippen LogP contribution in [0, 0.1) is 13.8 Å². The summed E-state index contributed by atoms with van der Waals surface area (Å²) in [5, 5.41) is 6.33. The zero-order chi connectivity index (χ0) is 28.6. The molecule has 3 aromatic rings. The lowest BCUT2D eigenvalue weighted by Gasteiger charge is -2.14. The molecule has 1 fully saturated rings. The minimum absolute atomic E-state index is 0.0436. The monoisotopic (exact) mass is 600 g/mol. The van der Waals surface area contributed by atoms with E-state index in [0.717, 1.165) is 19.6 Å². The lowest BCUT2D eigenvalue weighted by atomic mass is 10.0. The molecule has 0 unspecified atom stereocenters. The third-order valence-electron chi connectivity index (χ3n) is 7.43. The molecule has 0 radical (unpaired) electrons. The zero-order valence-corrected chi connectivity index (χ0v) is 24.6. The topological polar surface area (TPSA) is 111 Å². The summed E-state index contributed by atoms with van der Waals surface area (Å²) in [6.45, 7) is 7.15. The van der Waals surface area contributed by atoms with E-state index in [4.69, 9.17) is 23.2 Å². The third kappa shape index (κ3) is 5.69. The number of halogens is 2. The minimum Gasteiger partial charge on any atom is -0.358 e. The molecule has 1 saturated heterocycles. The Morgan fingerprint density at radius 2 is 1.80 bits per heavy atom. The molecule has 1 aromatic heterocycles. The number of carbonyl (C=O) groups excluding carboxylic acids is 2. The molecule has 11 heteroatoms. The van der Waals surface area contributed by atoms with Crippen LogP contribution in [-0.4, -0.2) is 56.3 Å². The minimum atomic E-state index is -3.83. The number of benzene rings is 2. The Labute approximate surface area is 243 Å². The second-order valence-corrected chi connectivity index (χ2v) is 13.0. The van der Waals surface area contributed by atoms with E-state index in [1.807, 2.05) is 13.8 Å². The maximum atomic E-state index is 13.3. The molecule has 3 N–H and O–H groups in total. The maximum Gasteiger partial charge on any atom is 0.256 e. The molecule has 2 aromatic carbocycles. The molecule has 2 aliphatic rings. The first-order chi connectivity index (χ1) is 19.0. The van der Waals surface area contributed by atoms with Gasteiger partial charge in [0.15, 0.2) is 9.84 Å². The molecule has 210 valence electrons. The standard InChI is InChI=1S/C29H30Cl2N4O4S/c1-17-26(33-18(2)27(17)29(37)32-10-13-35-11-3-4-12-35)15-21-20-14-19(8-9-25(20)34-28(21)36)40(38,39)16-22-23(30)6-5-7-24(22)31/h5-9,14-15,33H,3-4,10-13,16H2,1-2H3,(H,32,37)(H,34,36). The second kappa shape index (κ2) is 11.4. The third-order valence-corrected chi connectivity index (χ3v) is 9.78. The average molecular weight is 602 g/mol. The first kappa shape index (κ1) is 28.4. The van der Waals surface area contributed by atoms with Crippen molar-refractivity contribution in [2.24, 2.45) is 0 Å². The molecule has 2 aliphatic heterocycles. The fourth-order valence-electron chi connectivity index (χ4n) is 5.27. The summed E-state index contributed by atoms with van der Waals surface area (Å²) in [5.74, 6) is -0.907. The molecule has 8 nitrogen and oxygen atoms in total. The fourth-order valence-corrected chi connectivity index (χ4v) is 7.39. The highest BCUT2D eigenvalue weighted by Gasteiger charge is 2.28. The highest BCUT2D eigenvalue weighted by Crippen LogP contribution is 2.37. The number of H-pyrrole nitrogens is 1. The molecule has 3 heterocycles. The van der Waals surface area contributed by atoms with Gasteiger partial charge in [0.05, 0.1) is 21.8 Å². The molecule has 2 amide bonds. The number of aryl methyl sites for hydroxylation is 1. The molecule has 0 bridgehead atoms. The summed E-state index contributed by atoms with van der Waals surface area (Å²) >= 11 is 12.4. The van der Waals surface area contributed by atoms with E-state index in [2.05, 4.69) is 20.5 Å². The summed E-state index contributed by atoms with van der Waals surface area (Å²) in [6, 6.07) is 9.34. The van der Waals surface area contributed by atoms with Gasteiger partial charge in [0.2, 0.25) is 0 Å². The smallest absolute Gasteiger partial charge is 0.256 e. The van der Waals surface area contributed by atoms with Gasteiger partial charge in [-0.3, -0.25) is 9.59 Å². The van der Waals surface area contributed by atoms with E-state index >= 15 is 0 Å². The van der Waals surface area contributed by atoms with Crippen LogP contribution in [0.15, 0.2) is 41.3 Å². The van der Waals surface area contributed by atoms with Gasteiger partial charge >= 0.3 is 0 Å². The molecule has 0 saturated carbocycles. The first-order valence-corrected chi connectivity index (χ1v) is 15.5. The fraction of sp³-hybridized carbons (Fsp3) is 0.310. The van der Waals surface area contributed by atoms with Gasteiger partial charge in [-0.05, 0) is 81.7 Å². The SMILES string of the molecule is Cc1[nH]c(C=C2C(=O)Nc3ccc(S(=O)(=O)Cc4c(Cl)cccc4Cl)cc32)c(C)c1C(=O)NCCN1CCCC1. The molecular weight excluding hydrogens is 571 g/mol. The van der Waals surface area contributed by atoms with Crippen LogP contribution in [0.1, 0.15) is 51.3 Å². The number of likely N-dealkylation sites (tertiary alicyclic amines) is 1. The van der Waals surface area contributed by atoms with Gasteiger partial charge in [0.25, 0.3) is 11.8 Å². The van der Waals surface area contributed by atoms with E-state index in [1.54, 1.807) is 30.3 Å². The number of hydrogen-bond donors (Lipinski definition) is 3. The van der Waals surface area contributed by atoms with Crippen LogP contribution in [0.4, 0.5) is 5.69 Å². The zero-order valence-electron chi connectivity index (χ0n) is 22.2. The Morgan fingerprint density at radius 1 is 1.10 bits per heavy atom. The van der Waals surface area contributed by atoms with E-state index in [0.29, 0.717) is 51.4 Å². The number of carbonyl (C=O) groups is 2. The molecular formula is C29H30Cl2N4O4S. The van der Waals surface area contributed by atoms with Crippen molar-refractivity contribution in [3.63, 3.8) is 0 Å². The number of sulfone groups is 1. The van der Waals surface area contributed by atoms with Gasteiger partial charge in [-0.15, -0.1) is 0 Å². The van der Waals surface area contributed by atoms with Crippen LogP contribution in [0.2, 0.25) is 10.0 Å². The molecule has 0 aliphatic carbocycles. The van der Waals surface area contributed by atoms with Gasteiger partial charge in [-0.25, -0.2) is 8.42 Å². The number of hydrogen-bond acceptors (Lipinski definition) is 5. The predicted molar refractivity (Wildman–Crippen MR) is 159 cm³/mol. The predicted octanol–water partition coefficient (Wildman–Crippen LogP) is 5.23. The van der Waals surface area contributed by atoms with Crippen LogP contribution in [0.5, 0.6) is 0 Å². The number of anilines is 1. The number of amides is 2. The van der Waals surface area contributed by atoms with Gasteiger partial charge in [0.1, 0.15) is 0 Å². The second-order valence-electron chi connectivity index (χ2n) is 10.1. The normalized spacial score (nSPS) is 16.4. The quantitative estimate of drug-likeness (QED) is 0.306. The number of nitrogens with zero attached hydrogens (tertiary/aromatic N) is 1.